The minimum Gasteiger partial charge on any atom is -0.490 e. The summed E-state index contributed by atoms with van der Waals surface area (Å²) < 4.78 is 6.03. The van der Waals surface area contributed by atoms with Gasteiger partial charge in [0.15, 0.2) is 0 Å². The number of hydrogen-bond donors (Lipinski definition) is 1. The molecular weight excluding hydrogens is 218 g/mol. The molecule has 2 aliphatic heterocycles. The van der Waals surface area contributed by atoms with Gasteiger partial charge < -0.3 is 10.1 Å². The van der Waals surface area contributed by atoms with Crippen LogP contribution in [-0.4, -0.2) is 17.6 Å². The fourth-order valence-corrected chi connectivity index (χ4v) is 3.38. The maximum Gasteiger partial charge on any atom is 0.120 e. The summed E-state index contributed by atoms with van der Waals surface area (Å²) in [5.41, 5.74) is 2.83. The molecule has 2 nitrogen and oxygen atoms in total. The molecule has 1 saturated heterocycles. The first kappa shape index (κ1) is 10.5. The van der Waals surface area contributed by atoms with E-state index in [0.29, 0.717) is 6.10 Å². The number of fused-ring (bicyclic) bond motifs is 1. The molecule has 16 heavy (non-hydrogen) atoms. The summed E-state index contributed by atoms with van der Waals surface area (Å²) in [4.78, 5) is 0. The molecule has 1 atom stereocenters. The van der Waals surface area contributed by atoms with Crippen LogP contribution in [0, 0.1) is 0 Å². The molecule has 0 saturated carbocycles. The highest BCUT2D eigenvalue weighted by atomic mass is 32.2. The van der Waals surface area contributed by atoms with Crippen molar-refractivity contribution >= 4 is 11.8 Å². The summed E-state index contributed by atoms with van der Waals surface area (Å²) in [6, 6.07) is 6.51. The zero-order valence-corrected chi connectivity index (χ0v) is 10.2. The third-order valence-corrected chi connectivity index (χ3v) is 4.41. The second-order valence-corrected chi connectivity index (χ2v) is 5.64. The summed E-state index contributed by atoms with van der Waals surface area (Å²) >= 11 is 2.01. The largest absolute Gasteiger partial charge is 0.490 e. The molecule has 1 N–H and O–H groups in total. The smallest absolute Gasteiger partial charge is 0.120 e. The van der Waals surface area contributed by atoms with Gasteiger partial charge in [-0.3, -0.25) is 0 Å². The monoisotopic (exact) mass is 235 g/mol. The Morgan fingerprint density at radius 1 is 1.25 bits per heavy atom. The maximum absolute atomic E-state index is 6.03. The first-order valence-electron chi connectivity index (χ1n) is 5.99. The quantitative estimate of drug-likeness (QED) is 0.851. The van der Waals surface area contributed by atoms with Crippen LogP contribution < -0.4 is 10.1 Å². The Labute approximate surface area is 101 Å². The molecule has 0 bridgehead atoms. The molecule has 86 valence electrons. The van der Waals surface area contributed by atoms with Gasteiger partial charge in [-0.05, 0) is 41.9 Å². The van der Waals surface area contributed by atoms with Gasteiger partial charge >= 0.3 is 0 Å². The molecule has 0 amide bonds. The van der Waals surface area contributed by atoms with Crippen LogP contribution in [0.25, 0.3) is 0 Å². The van der Waals surface area contributed by atoms with Crippen molar-refractivity contribution in [1.29, 1.82) is 0 Å². The lowest BCUT2D eigenvalue weighted by Crippen LogP contribution is -2.23. The van der Waals surface area contributed by atoms with Crippen LogP contribution in [0.4, 0.5) is 0 Å². The molecule has 0 radical (unpaired) electrons. The number of thioether (sulfide) groups is 1. The molecule has 0 aromatic heterocycles. The molecule has 3 rings (SSSR count). The van der Waals surface area contributed by atoms with Gasteiger partial charge in [0.1, 0.15) is 11.9 Å². The first-order valence-corrected chi connectivity index (χ1v) is 7.14. The Morgan fingerprint density at radius 2 is 2.19 bits per heavy atom. The summed E-state index contributed by atoms with van der Waals surface area (Å²) in [7, 11) is 0. The molecule has 3 heteroatoms. The zero-order chi connectivity index (χ0) is 10.8. The second kappa shape index (κ2) is 4.68. The summed E-state index contributed by atoms with van der Waals surface area (Å²) in [6.07, 6.45) is 2.93. The fraction of sp³-hybridized carbons (Fsp3) is 0.538. The van der Waals surface area contributed by atoms with Gasteiger partial charge in [0.2, 0.25) is 0 Å². The third-order valence-electron chi connectivity index (χ3n) is 3.23. The van der Waals surface area contributed by atoms with Crippen LogP contribution in [0.15, 0.2) is 18.2 Å². The van der Waals surface area contributed by atoms with Crippen molar-refractivity contribution < 1.29 is 4.74 Å². The molecule has 1 unspecified atom stereocenters. The fourth-order valence-electron chi connectivity index (χ4n) is 2.34. The van der Waals surface area contributed by atoms with Crippen molar-refractivity contribution in [1.82, 2.24) is 5.32 Å². The molecule has 0 spiro atoms. The number of ether oxygens (including phenoxy) is 1. The minimum atomic E-state index is 0.422. The van der Waals surface area contributed by atoms with E-state index in [1.165, 1.54) is 29.7 Å². The van der Waals surface area contributed by atoms with Gasteiger partial charge in [0.25, 0.3) is 0 Å². The van der Waals surface area contributed by atoms with Gasteiger partial charge in [-0.2, -0.15) is 11.8 Å². The van der Waals surface area contributed by atoms with Crippen molar-refractivity contribution in [2.75, 3.05) is 11.5 Å². The number of benzene rings is 1. The Balaban J connectivity index is 1.69. The maximum atomic E-state index is 6.03. The van der Waals surface area contributed by atoms with Crippen molar-refractivity contribution in [3.8, 4) is 5.75 Å². The molecule has 2 aliphatic rings. The van der Waals surface area contributed by atoms with E-state index < -0.39 is 0 Å². The topological polar surface area (TPSA) is 21.3 Å². The van der Waals surface area contributed by atoms with Crippen LogP contribution in [0.5, 0.6) is 5.75 Å². The van der Waals surface area contributed by atoms with Gasteiger partial charge in [-0.1, -0.05) is 6.07 Å². The van der Waals surface area contributed by atoms with Gasteiger partial charge in [0, 0.05) is 18.8 Å². The Kier molecular flexibility index (Phi) is 3.06. The van der Waals surface area contributed by atoms with Gasteiger partial charge in [-0.25, -0.2) is 0 Å². The minimum absolute atomic E-state index is 0.422. The number of nitrogens with one attached hydrogen (secondary N) is 1. The Morgan fingerprint density at radius 3 is 3.06 bits per heavy atom. The predicted octanol–water partition coefficient (Wildman–Crippen LogP) is 2.56. The van der Waals surface area contributed by atoms with E-state index in [0.717, 1.165) is 24.6 Å². The van der Waals surface area contributed by atoms with E-state index in [2.05, 4.69) is 23.5 Å². The third kappa shape index (κ3) is 2.20. The van der Waals surface area contributed by atoms with Crippen LogP contribution >= 0.6 is 11.8 Å². The van der Waals surface area contributed by atoms with Gasteiger partial charge in [0.05, 0.1) is 0 Å². The van der Waals surface area contributed by atoms with Crippen LogP contribution in [0.3, 0.4) is 0 Å². The number of hydrogen-bond acceptors (Lipinski definition) is 3. The summed E-state index contributed by atoms with van der Waals surface area (Å²) in [5, 5.41) is 3.36. The van der Waals surface area contributed by atoms with Crippen molar-refractivity contribution in [3.63, 3.8) is 0 Å². The SMILES string of the molecule is c1cc2c(cc1OC1CCCSC1)CNC2. The lowest BCUT2D eigenvalue weighted by molar-refractivity contribution is 0.211. The summed E-state index contributed by atoms with van der Waals surface area (Å²) in [6.45, 7) is 2.00. The number of rotatable bonds is 2. The highest BCUT2D eigenvalue weighted by molar-refractivity contribution is 7.99. The van der Waals surface area contributed by atoms with E-state index >= 15 is 0 Å². The molecule has 0 aliphatic carbocycles. The van der Waals surface area contributed by atoms with Crippen molar-refractivity contribution in [2.24, 2.45) is 0 Å². The van der Waals surface area contributed by atoms with E-state index in [4.69, 9.17) is 4.74 Å². The standard InChI is InChI=1S/C13H17NOS/c1-2-13(9-16-5-1)15-12-4-3-10-7-14-8-11(10)6-12/h3-4,6,13-14H,1-2,5,7-9H2. The average molecular weight is 235 g/mol. The Bertz CT molecular complexity index is 374. The van der Waals surface area contributed by atoms with E-state index in [9.17, 15) is 0 Å². The van der Waals surface area contributed by atoms with Crippen LogP contribution in [0.2, 0.25) is 0 Å². The highest BCUT2D eigenvalue weighted by Gasteiger charge is 2.16. The molecule has 1 fully saturated rings. The van der Waals surface area contributed by atoms with Crippen LogP contribution in [-0.2, 0) is 13.1 Å². The highest BCUT2D eigenvalue weighted by Crippen LogP contribution is 2.25. The molecule has 1 aromatic rings. The average Bonchev–Trinajstić information content (AvgIpc) is 2.77. The van der Waals surface area contributed by atoms with Gasteiger partial charge in [-0.15, -0.1) is 0 Å². The molecule has 2 heterocycles. The van der Waals surface area contributed by atoms with E-state index in [1.54, 1.807) is 0 Å². The lowest BCUT2D eigenvalue weighted by atomic mass is 10.1. The summed E-state index contributed by atoms with van der Waals surface area (Å²) in [5.74, 6) is 3.50. The van der Waals surface area contributed by atoms with Crippen molar-refractivity contribution in [2.45, 2.75) is 32.0 Å². The second-order valence-electron chi connectivity index (χ2n) is 4.49. The first-order chi connectivity index (χ1) is 7.92. The predicted molar refractivity (Wildman–Crippen MR) is 68.0 cm³/mol. The van der Waals surface area contributed by atoms with E-state index in [1.807, 2.05) is 11.8 Å². The van der Waals surface area contributed by atoms with Crippen molar-refractivity contribution in [3.05, 3.63) is 29.3 Å². The lowest BCUT2D eigenvalue weighted by Gasteiger charge is -2.22. The van der Waals surface area contributed by atoms with Crippen LogP contribution in [0.1, 0.15) is 24.0 Å². The normalized spacial score (nSPS) is 24.1. The zero-order valence-electron chi connectivity index (χ0n) is 9.37. The molecule has 1 aromatic carbocycles. The molecular formula is C13H17NOS. The Hall–Kier alpha value is -0.670. The van der Waals surface area contributed by atoms with E-state index in [-0.39, 0.29) is 0 Å².